The molecule has 0 atom stereocenters. The quantitative estimate of drug-likeness (QED) is 0.669. The zero-order valence-corrected chi connectivity index (χ0v) is 16.5. The lowest BCUT2D eigenvalue weighted by Gasteiger charge is -2.22. The Morgan fingerprint density at radius 3 is 2.59 bits per heavy atom. The molecule has 7 nitrogen and oxygen atoms in total. The Kier molecular flexibility index (Phi) is 4.65. The van der Waals surface area contributed by atoms with Crippen molar-refractivity contribution >= 4 is 29.1 Å². The summed E-state index contributed by atoms with van der Waals surface area (Å²) in [5.74, 6) is 1.20. The van der Waals surface area contributed by atoms with Gasteiger partial charge in [-0.05, 0) is 24.6 Å². The van der Waals surface area contributed by atoms with Crippen molar-refractivity contribution in [2.75, 3.05) is 13.6 Å². The van der Waals surface area contributed by atoms with E-state index in [0.717, 1.165) is 5.56 Å². The van der Waals surface area contributed by atoms with Crippen LogP contribution >= 0.6 is 23.2 Å². The maximum Gasteiger partial charge on any atom is 0.271 e. The second kappa shape index (κ2) is 6.98. The summed E-state index contributed by atoms with van der Waals surface area (Å²) in [6.07, 6.45) is 0.424. The minimum absolute atomic E-state index is 0.0364. The number of aryl methyl sites for hydroxylation is 1. The third-order valence-corrected chi connectivity index (χ3v) is 5.34. The lowest BCUT2D eigenvalue weighted by Crippen LogP contribution is -2.37. The van der Waals surface area contributed by atoms with Gasteiger partial charge in [-0.25, -0.2) is 9.67 Å². The van der Waals surface area contributed by atoms with Crippen LogP contribution in [0.15, 0.2) is 24.3 Å². The molecule has 1 amide bonds. The van der Waals surface area contributed by atoms with Crippen LogP contribution in [0.5, 0.6) is 0 Å². The van der Waals surface area contributed by atoms with Gasteiger partial charge in [0, 0.05) is 42.7 Å². The molecule has 3 aromatic rings. The number of carbonyl (C=O) groups excluding carboxylic acids is 1. The number of aromatic nitrogens is 5. The van der Waals surface area contributed by atoms with Crippen LogP contribution in [0.1, 0.15) is 28.8 Å². The van der Waals surface area contributed by atoms with Gasteiger partial charge in [-0.1, -0.05) is 29.3 Å². The molecule has 3 heterocycles. The highest BCUT2D eigenvalue weighted by molar-refractivity contribution is 6.36. The van der Waals surface area contributed by atoms with Crippen molar-refractivity contribution in [1.29, 1.82) is 0 Å². The molecular formula is C18H18Cl2N6O. The molecule has 0 unspecified atom stereocenters. The zero-order chi connectivity index (χ0) is 19.1. The van der Waals surface area contributed by atoms with E-state index in [9.17, 15) is 4.79 Å². The molecule has 0 N–H and O–H groups in total. The topological polar surface area (TPSA) is 68.8 Å². The zero-order valence-electron chi connectivity index (χ0n) is 15.0. The van der Waals surface area contributed by atoms with Gasteiger partial charge in [-0.15, -0.1) is 0 Å². The Labute approximate surface area is 166 Å². The van der Waals surface area contributed by atoms with Crippen LogP contribution in [0.3, 0.4) is 0 Å². The smallest absolute Gasteiger partial charge is 0.271 e. The number of hydrogen-bond donors (Lipinski definition) is 0. The predicted molar refractivity (Wildman–Crippen MR) is 103 cm³/mol. The van der Waals surface area contributed by atoms with E-state index in [0.29, 0.717) is 59.1 Å². The van der Waals surface area contributed by atoms with Gasteiger partial charge < -0.3 is 4.90 Å². The van der Waals surface area contributed by atoms with Gasteiger partial charge in [0.2, 0.25) is 0 Å². The van der Waals surface area contributed by atoms with Crippen LogP contribution in [0, 0.1) is 0 Å². The van der Waals surface area contributed by atoms with Gasteiger partial charge in [0.15, 0.2) is 11.6 Å². The average Bonchev–Trinajstić information content (AvgIpc) is 3.25. The first kappa shape index (κ1) is 18.0. The van der Waals surface area contributed by atoms with Crippen molar-refractivity contribution in [2.45, 2.75) is 26.4 Å². The number of nitrogens with zero attached hydrogens (tertiary/aromatic N) is 6. The van der Waals surface area contributed by atoms with Crippen LogP contribution < -0.4 is 0 Å². The van der Waals surface area contributed by atoms with Crippen molar-refractivity contribution in [3.63, 3.8) is 0 Å². The van der Waals surface area contributed by atoms with E-state index in [-0.39, 0.29) is 5.91 Å². The minimum atomic E-state index is -0.0364. The summed E-state index contributed by atoms with van der Waals surface area (Å²) in [7, 11) is 1.79. The Morgan fingerprint density at radius 2 is 1.89 bits per heavy atom. The van der Waals surface area contributed by atoms with Gasteiger partial charge in [0.05, 0.1) is 6.54 Å². The van der Waals surface area contributed by atoms with E-state index in [1.807, 2.05) is 6.92 Å². The molecular weight excluding hydrogens is 387 g/mol. The highest BCUT2D eigenvalue weighted by Gasteiger charge is 2.26. The standard InChI is InChI=1S/C18H18Cl2N6O/c1-3-25-17(14-10-15-18(27)24(2)7-8-26(15)22-14)21-16(23-25)9-11-12(19)5-4-6-13(11)20/h4-6,10H,3,7-9H2,1-2H3. The number of rotatable bonds is 4. The minimum Gasteiger partial charge on any atom is -0.339 e. The number of fused-ring (bicyclic) bond motifs is 1. The maximum absolute atomic E-state index is 12.3. The third kappa shape index (κ3) is 3.21. The van der Waals surface area contributed by atoms with E-state index in [1.54, 1.807) is 45.6 Å². The molecule has 0 bridgehead atoms. The van der Waals surface area contributed by atoms with E-state index in [4.69, 9.17) is 23.2 Å². The summed E-state index contributed by atoms with van der Waals surface area (Å²) >= 11 is 12.5. The molecule has 2 aromatic heterocycles. The summed E-state index contributed by atoms with van der Waals surface area (Å²) in [4.78, 5) is 18.7. The van der Waals surface area contributed by atoms with Crippen molar-refractivity contribution < 1.29 is 4.79 Å². The van der Waals surface area contributed by atoms with E-state index in [1.165, 1.54) is 0 Å². The van der Waals surface area contributed by atoms with Crippen molar-refractivity contribution in [2.24, 2.45) is 0 Å². The van der Waals surface area contributed by atoms with Gasteiger partial charge in [0.1, 0.15) is 11.4 Å². The summed E-state index contributed by atoms with van der Waals surface area (Å²) < 4.78 is 3.51. The van der Waals surface area contributed by atoms with E-state index < -0.39 is 0 Å². The summed E-state index contributed by atoms with van der Waals surface area (Å²) in [5.41, 5.74) is 2.00. The van der Waals surface area contributed by atoms with Crippen molar-refractivity contribution in [3.05, 3.63) is 51.4 Å². The number of benzene rings is 1. The molecule has 9 heteroatoms. The highest BCUT2D eigenvalue weighted by Crippen LogP contribution is 2.27. The van der Waals surface area contributed by atoms with E-state index >= 15 is 0 Å². The number of halogens is 2. The Morgan fingerprint density at radius 1 is 1.15 bits per heavy atom. The summed E-state index contributed by atoms with van der Waals surface area (Å²) in [5, 5.41) is 10.3. The molecule has 4 rings (SSSR count). The second-order valence-corrected chi connectivity index (χ2v) is 7.22. The van der Waals surface area contributed by atoms with Crippen molar-refractivity contribution in [3.8, 4) is 11.5 Å². The van der Waals surface area contributed by atoms with Crippen LogP contribution in [-0.2, 0) is 19.5 Å². The molecule has 0 saturated carbocycles. The fourth-order valence-electron chi connectivity index (χ4n) is 3.14. The summed E-state index contributed by atoms with van der Waals surface area (Å²) in [6, 6.07) is 7.18. The van der Waals surface area contributed by atoms with Crippen molar-refractivity contribution in [1.82, 2.24) is 29.4 Å². The third-order valence-electron chi connectivity index (χ3n) is 4.63. The first-order valence-electron chi connectivity index (χ1n) is 8.68. The lowest BCUT2D eigenvalue weighted by molar-refractivity contribution is 0.0743. The molecule has 1 aliphatic heterocycles. The van der Waals surface area contributed by atoms with Gasteiger partial charge >= 0.3 is 0 Å². The fraction of sp³-hybridized carbons (Fsp3) is 0.333. The SMILES string of the molecule is CCn1nc(Cc2c(Cl)cccc2Cl)nc1-c1cc2n(n1)CCN(C)C2=O. The molecule has 140 valence electrons. The van der Waals surface area contributed by atoms with Crippen LogP contribution in [-0.4, -0.2) is 48.9 Å². The predicted octanol–water partition coefficient (Wildman–Crippen LogP) is 3.14. The van der Waals surface area contributed by atoms with Crippen LogP contribution in [0.4, 0.5) is 0 Å². The molecule has 0 aliphatic carbocycles. The lowest BCUT2D eigenvalue weighted by atomic mass is 10.1. The van der Waals surface area contributed by atoms with Crippen LogP contribution in [0.2, 0.25) is 10.0 Å². The van der Waals surface area contributed by atoms with Crippen LogP contribution in [0.25, 0.3) is 11.5 Å². The summed E-state index contributed by atoms with van der Waals surface area (Å²) in [6.45, 7) is 3.93. The number of carbonyl (C=O) groups is 1. The fourth-order valence-corrected chi connectivity index (χ4v) is 3.67. The highest BCUT2D eigenvalue weighted by atomic mass is 35.5. The largest absolute Gasteiger partial charge is 0.339 e. The molecule has 1 aromatic carbocycles. The normalized spacial score (nSPS) is 13.9. The van der Waals surface area contributed by atoms with E-state index in [2.05, 4.69) is 15.2 Å². The van der Waals surface area contributed by atoms with Gasteiger partial charge in [0.25, 0.3) is 5.91 Å². The van der Waals surface area contributed by atoms with Gasteiger partial charge in [-0.2, -0.15) is 10.2 Å². The first-order chi connectivity index (χ1) is 13.0. The monoisotopic (exact) mass is 404 g/mol. The Hall–Kier alpha value is -2.38. The van der Waals surface area contributed by atoms with Gasteiger partial charge in [-0.3, -0.25) is 9.48 Å². The molecule has 0 radical (unpaired) electrons. The first-order valence-corrected chi connectivity index (χ1v) is 9.43. The maximum atomic E-state index is 12.3. The molecule has 0 fully saturated rings. The Bertz CT molecular complexity index is 1000. The molecule has 0 spiro atoms. The molecule has 0 saturated heterocycles. The number of likely N-dealkylation sites (N-methyl/N-ethyl adjacent to an activating group) is 1. The Balaban J connectivity index is 1.71. The molecule has 27 heavy (non-hydrogen) atoms. The number of hydrogen-bond acceptors (Lipinski definition) is 4. The second-order valence-electron chi connectivity index (χ2n) is 6.41. The average molecular weight is 405 g/mol. The number of amides is 1. The molecule has 1 aliphatic rings.